The summed E-state index contributed by atoms with van der Waals surface area (Å²) in [6, 6.07) is 0.774. The monoisotopic (exact) mass is 400 g/mol. The number of ether oxygens (including phenoxy) is 1. The number of nitrogens with zero attached hydrogens (tertiary/aromatic N) is 2. The third kappa shape index (κ3) is 5.14. The average molecular weight is 400 g/mol. The first-order chi connectivity index (χ1) is 12.9. The smallest absolute Gasteiger partial charge is 0.410 e. The van der Waals surface area contributed by atoms with Gasteiger partial charge in [0.25, 0.3) is 0 Å². The second kappa shape index (κ2) is 8.07. The molecule has 1 aliphatic rings. The fourth-order valence-corrected chi connectivity index (χ4v) is 3.31. The van der Waals surface area contributed by atoms with E-state index in [-0.39, 0.29) is 12.0 Å². The molecule has 1 unspecified atom stereocenters. The van der Waals surface area contributed by atoms with Crippen molar-refractivity contribution in [2.24, 2.45) is 0 Å². The zero-order valence-electron chi connectivity index (χ0n) is 15.7. The zero-order chi connectivity index (χ0) is 21.2. The molecular formula is C18H22F2N2O6. The Labute approximate surface area is 160 Å². The Morgan fingerprint density at radius 3 is 2.46 bits per heavy atom. The molecule has 0 spiro atoms. The topological polar surface area (TPSA) is 110 Å². The van der Waals surface area contributed by atoms with Crippen LogP contribution in [0.25, 0.3) is 0 Å². The summed E-state index contributed by atoms with van der Waals surface area (Å²) in [5, 5.41) is 20.8. The molecule has 28 heavy (non-hydrogen) atoms. The van der Waals surface area contributed by atoms with E-state index >= 15 is 0 Å². The van der Waals surface area contributed by atoms with Crippen molar-refractivity contribution in [1.29, 1.82) is 0 Å². The molecule has 2 rings (SSSR count). The highest BCUT2D eigenvalue weighted by molar-refractivity contribution is 5.72. The Morgan fingerprint density at radius 1 is 1.32 bits per heavy atom. The van der Waals surface area contributed by atoms with E-state index in [0.717, 1.165) is 17.0 Å². The molecule has 0 radical (unpaired) electrons. The van der Waals surface area contributed by atoms with Crippen molar-refractivity contribution in [2.75, 3.05) is 6.54 Å². The third-order valence-corrected chi connectivity index (χ3v) is 4.50. The molecule has 1 aliphatic heterocycles. The van der Waals surface area contributed by atoms with Gasteiger partial charge in [-0.2, -0.15) is 0 Å². The van der Waals surface area contributed by atoms with Gasteiger partial charge in [0.2, 0.25) is 6.04 Å². The minimum atomic E-state index is -1.32. The fourth-order valence-electron chi connectivity index (χ4n) is 3.31. The van der Waals surface area contributed by atoms with E-state index < -0.39 is 65.2 Å². The Hall–Kier alpha value is -2.78. The molecule has 1 saturated heterocycles. The number of carbonyl (C=O) groups is 2. The van der Waals surface area contributed by atoms with E-state index in [4.69, 9.17) is 4.74 Å². The lowest BCUT2D eigenvalue weighted by Gasteiger charge is -2.40. The third-order valence-electron chi connectivity index (χ3n) is 4.50. The first-order valence-electron chi connectivity index (χ1n) is 8.69. The van der Waals surface area contributed by atoms with E-state index in [1.54, 1.807) is 20.8 Å². The molecular weight excluding hydrogens is 378 g/mol. The Kier molecular flexibility index (Phi) is 6.20. The van der Waals surface area contributed by atoms with Gasteiger partial charge in [0, 0.05) is 11.0 Å². The molecule has 10 heteroatoms. The van der Waals surface area contributed by atoms with Gasteiger partial charge in [0.15, 0.2) is 11.6 Å². The number of carboxylic acids is 1. The number of hydrogen-bond donors (Lipinski definition) is 1. The second-order valence-corrected chi connectivity index (χ2v) is 7.75. The van der Waals surface area contributed by atoms with Gasteiger partial charge in [-0.25, -0.2) is 13.6 Å². The molecule has 0 saturated carbocycles. The van der Waals surface area contributed by atoms with Crippen LogP contribution in [0.15, 0.2) is 18.2 Å². The van der Waals surface area contributed by atoms with Crippen LogP contribution in [0.2, 0.25) is 0 Å². The first kappa shape index (κ1) is 21.5. The number of nitro groups is 1. The van der Waals surface area contributed by atoms with E-state index in [1.165, 1.54) is 6.07 Å². The van der Waals surface area contributed by atoms with E-state index in [1.807, 2.05) is 0 Å². The lowest BCUT2D eigenvalue weighted by atomic mass is 9.81. The molecule has 154 valence electrons. The summed E-state index contributed by atoms with van der Waals surface area (Å²) in [5.74, 6) is -4.31. The highest BCUT2D eigenvalue weighted by Crippen LogP contribution is 2.36. The average Bonchev–Trinajstić information content (AvgIpc) is 2.54. The number of carboxylic acid groups (broad SMARTS) is 1. The number of benzene rings is 1. The maximum atomic E-state index is 13.6. The van der Waals surface area contributed by atoms with Gasteiger partial charge in [-0.15, -0.1) is 0 Å². The Bertz CT molecular complexity index is 780. The number of piperidine rings is 1. The summed E-state index contributed by atoms with van der Waals surface area (Å²) in [4.78, 5) is 35.8. The molecule has 1 N–H and O–H groups in total. The summed E-state index contributed by atoms with van der Waals surface area (Å²) in [5.41, 5.74) is -0.689. The lowest BCUT2D eigenvalue weighted by molar-refractivity contribution is -0.530. The SMILES string of the molecule is CC(C)(C)OC(=O)N1C[C@@H]([N+](=O)[O-])[C@H](c2ccc(F)c(F)c2)CC1CC(=O)O. The van der Waals surface area contributed by atoms with E-state index in [0.29, 0.717) is 0 Å². The predicted molar refractivity (Wildman–Crippen MR) is 93.5 cm³/mol. The van der Waals surface area contributed by atoms with Gasteiger partial charge in [0.05, 0.1) is 18.9 Å². The van der Waals surface area contributed by atoms with E-state index in [9.17, 15) is 33.6 Å². The van der Waals surface area contributed by atoms with Gasteiger partial charge in [-0.3, -0.25) is 19.8 Å². The largest absolute Gasteiger partial charge is 0.481 e. The number of hydrogen-bond acceptors (Lipinski definition) is 5. The van der Waals surface area contributed by atoms with E-state index in [2.05, 4.69) is 0 Å². The summed E-state index contributed by atoms with van der Waals surface area (Å²) < 4.78 is 32.1. The van der Waals surface area contributed by atoms with Crippen LogP contribution in [-0.2, 0) is 9.53 Å². The normalized spacial score (nSPS) is 22.6. The molecule has 1 aromatic carbocycles. The summed E-state index contributed by atoms with van der Waals surface area (Å²) >= 11 is 0. The summed E-state index contributed by atoms with van der Waals surface area (Å²) in [6.07, 6.45) is -1.40. The van der Waals surface area contributed by atoms with Crippen LogP contribution in [0.3, 0.4) is 0 Å². The molecule has 0 aromatic heterocycles. The standard InChI is InChI=1S/C18H22F2N2O6/c1-18(2,3)28-17(25)21-9-15(22(26)27)12(7-11(21)8-16(23)24)10-4-5-13(19)14(20)6-10/h4-6,11-12,15H,7-9H2,1-3H3,(H,23,24)/t11?,12-,15+/m0/s1. The number of rotatable bonds is 4. The number of aliphatic carboxylic acids is 1. The second-order valence-electron chi connectivity index (χ2n) is 7.75. The van der Waals surface area contributed by atoms with Crippen LogP contribution in [0, 0.1) is 21.7 Å². The van der Waals surface area contributed by atoms with Crippen LogP contribution in [0.4, 0.5) is 13.6 Å². The molecule has 1 heterocycles. The van der Waals surface area contributed by atoms with Crippen molar-refractivity contribution in [3.05, 3.63) is 45.5 Å². The van der Waals surface area contributed by atoms with Crippen LogP contribution in [0.5, 0.6) is 0 Å². The fraction of sp³-hybridized carbons (Fsp3) is 0.556. The minimum Gasteiger partial charge on any atom is -0.481 e. The number of amides is 1. The number of carbonyl (C=O) groups excluding carboxylic acids is 1. The van der Waals surface area contributed by atoms with Crippen molar-refractivity contribution < 1.29 is 33.1 Å². The predicted octanol–water partition coefficient (Wildman–Crippen LogP) is 3.18. The van der Waals surface area contributed by atoms with Crippen LogP contribution >= 0.6 is 0 Å². The Morgan fingerprint density at radius 2 is 1.96 bits per heavy atom. The minimum absolute atomic E-state index is 0.0950. The Balaban J connectivity index is 2.39. The van der Waals surface area contributed by atoms with Gasteiger partial charge in [-0.1, -0.05) is 6.07 Å². The van der Waals surface area contributed by atoms with Crippen LogP contribution < -0.4 is 0 Å². The van der Waals surface area contributed by atoms with Crippen molar-refractivity contribution in [2.45, 2.75) is 57.2 Å². The highest BCUT2D eigenvalue weighted by Gasteiger charge is 2.46. The summed E-state index contributed by atoms with van der Waals surface area (Å²) in [7, 11) is 0. The van der Waals surface area contributed by atoms with Gasteiger partial charge < -0.3 is 9.84 Å². The molecule has 0 aliphatic carbocycles. The maximum Gasteiger partial charge on any atom is 0.410 e. The van der Waals surface area contributed by atoms with Crippen LogP contribution in [-0.4, -0.2) is 51.2 Å². The molecule has 1 amide bonds. The maximum absolute atomic E-state index is 13.6. The number of likely N-dealkylation sites (tertiary alicyclic amines) is 1. The van der Waals surface area contributed by atoms with Crippen molar-refractivity contribution in [3.63, 3.8) is 0 Å². The van der Waals surface area contributed by atoms with Gasteiger partial charge in [0.1, 0.15) is 5.60 Å². The quantitative estimate of drug-likeness (QED) is 0.614. The molecule has 3 atom stereocenters. The first-order valence-corrected chi connectivity index (χ1v) is 8.69. The van der Waals surface area contributed by atoms with Gasteiger partial charge in [-0.05, 0) is 44.9 Å². The molecule has 1 aromatic rings. The zero-order valence-corrected chi connectivity index (χ0v) is 15.7. The molecule has 1 fully saturated rings. The van der Waals surface area contributed by atoms with Crippen molar-refractivity contribution in [3.8, 4) is 0 Å². The number of halogens is 2. The highest BCUT2D eigenvalue weighted by atomic mass is 19.2. The molecule has 0 bridgehead atoms. The van der Waals surface area contributed by atoms with Gasteiger partial charge >= 0.3 is 12.1 Å². The lowest BCUT2D eigenvalue weighted by Crippen LogP contribution is -2.55. The van der Waals surface area contributed by atoms with Crippen molar-refractivity contribution >= 4 is 12.1 Å². The summed E-state index contributed by atoms with van der Waals surface area (Å²) in [6.45, 7) is 4.46. The molecule has 8 nitrogen and oxygen atoms in total. The van der Waals surface area contributed by atoms with Crippen LogP contribution in [0.1, 0.15) is 45.1 Å². The van der Waals surface area contributed by atoms with Crippen molar-refractivity contribution in [1.82, 2.24) is 4.90 Å².